The molecule has 1 aromatic heterocycles. The Balaban J connectivity index is 2.41. The number of hydrogen-bond donors (Lipinski definition) is 1. The number of furan rings is 1. The van der Waals surface area contributed by atoms with Gasteiger partial charge in [-0.2, -0.15) is 0 Å². The number of carbonyl (C=O) groups excluding carboxylic acids is 2. The van der Waals surface area contributed by atoms with Crippen LogP contribution in [0, 0.1) is 11.8 Å². The normalized spacial score (nSPS) is 12.2. The van der Waals surface area contributed by atoms with E-state index in [9.17, 15) is 9.59 Å². The molecule has 0 bridgehead atoms. The van der Waals surface area contributed by atoms with E-state index in [2.05, 4.69) is 19.2 Å². The first-order chi connectivity index (χ1) is 13.6. The predicted octanol–water partition coefficient (Wildman–Crippen LogP) is 4.63. The van der Waals surface area contributed by atoms with E-state index in [0.29, 0.717) is 12.3 Å². The lowest BCUT2D eigenvalue weighted by Gasteiger charge is -2.33. The fraction of sp³-hybridized carbons (Fsp3) is 0.478. The Morgan fingerprint density at radius 3 is 2.28 bits per heavy atom. The van der Waals surface area contributed by atoms with E-state index in [4.69, 9.17) is 4.42 Å². The van der Waals surface area contributed by atoms with E-state index >= 15 is 0 Å². The van der Waals surface area contributed by atoms with Crippen molar-refractivity contribution >= 4 is 23.2 Å². The maximum atomic E-state index is 13.1. The Hall–Kier alpha value is -2.76. The summed E-state index contributed by atoms with van der Waals surface area (Å²) in [5, 5.41) is 2.95. The summed E-state index contributed by atoms with van der Waals surface area (Å²) in [6, 6.07) is 9.24. The maximum absolute atomic E-state index is 13.1. The number of amides is 2. The van der Waals surface area contributed by atoms with Gasteiger partial charge in [-0.1, -0.05) is 27.7 Å². The van der Waals surface area contributed by atoms with Crippen molar-refractivity contribution in [2.45, 2.75) is 47.2 Å². The van der Waals surface area contributed by atoms with Gasteiger partial charge in [0.2, 0.25) is 5.91 Å². The van der Waals surface area contributed by atoms with Gasteiger partial charge in [0, 0.05) is 44.0 Å². The second-order valence-electron chi connectivity index (χ2n) is 8.28. The van der Waals surface area contributed by atoms with Crippen molar-refractivity contribution in [2.75, 3.05) is 24.3 Å². The highest BCUT2D eigenvalue weighted by Gasteiger charge is 2.27. The summed E-state index contributed by atoms with van der Waals surface area (Å²) in [5.74, 6) is 0.323. The molecule has 0 spiro atoms. The van der Waals surface area contributed by atoms with Gasteiger partial charge in [0.25, 0.3) is 5.91 Å². The second kappa shape index (κ2) is 9.63. The zero-order valence-electron chi connectivity index (χ0n) is 18.5. The Bertz CT molecular complexity index is 826. The minimum absolute atomic E-state index is 0.0107. The van der Waals surface area contributed by atoms with E-state index in [1.54, 1.807) is 12.1 Å². The molecule has 6 nitrogen and oxygen atoms in total. The van der Waals surface area contributed by atoms with Gasteiger partial charge < -0.3 is 19.5 Å². The SMILES string of the molecule is CC(C)C(=O)Nc1ccc(N(C)C)c(CN(C(=O)c2ccco2)[C@@H](C)C(C)C)c1. The van der Waals surface area contributed by atoms with Crippen molar-refractivity contribution in [3.8, 4) is 0 Å². The highest BCUT2D eigenvalue weighted by Crippen LogP contribution is 2.27. The lowest BCUT2D eigenvalue weighted by molar-refractivity contribution is -0.118. The molecule has 1 N–H and O–H groups in total. The number of nitrogens with one attached hydrogen (secondary N) is 1. The summed E-state index contributed by atoms with van der Waals surface area (Å²) in [6.45, 7) is 10.4. The average molecular weight is 400 g/mol. The number of nitrogens with zero attached hydrogens (tertiary/aromatic N) is 2. The minimum atomic E-state index is -0.141. The molecular weight excluding hydrogens is 366 g/mol. The molecule has 158 valence electrons. The third-order valence-electron chi connectivity index (χ3n) is 5.14. The zero-order chi connectivity index (χ0) is 21.7. The van der Waals surface area contributed by atoms with Gasteiger partial charge in [0.15, 0.2) is 5.76 Å². The van der Waals surface area contributed by atoms with Crippen LogP contribution in [0.4, 0.5) is 11.4 Å². The van der Waals surface area contributed by atoms with Gasteiger partial charge in [-0.3, -0.25) is 9.59 Å². The summed E-state index contributed by atoms with van der Waals surface area (Å²) in [5.41, 5.74) is 2.69. The van der Waals surface area contributed by atoms with Gasteiger partial charge in [0.05, 0.1) is 6.26 Å². The average Bonchev–Trinajstić information content (AvgIpc) is 3.19. The molecule has 0 radical (unpaired) electrons. The number of hydrogen-bond acceptors (Lipinski definition) is 4. The first-order valence-corrected chi connectivity index (χ1v) is 10.1. The number of carbonyl (C=O) groups is 2. The molecule has 1 heterocycles. The highest BCUT2D eigenvalue weighted by atomic mass is 16.3. The van der Waals surface area contributed by atoms with Crippen LogP contribution in [0.3, 0.4) is 0 Å². The topological polar surface area (TPSA) is 65.8 Å². The van der Waals surface area contributed by atoms with Gasteiger partial charge in [0.1, 0.15) is 0 Å². The zero-order valence-corrected chi connectivity index (χ0v) is 18.5. The molecular formula is C23H33N3O3. The Morgan fingerprint density at radius 2 is 1.76 bits per heavy atom. The molecule has 2 aromatic rings. The lowest BCUT2D eigenvalue weighted by Crippen LogP contribution is -2.41. The molecule has 2 amide bonds. The summed E-state index contributed by atoms with van der Waals surface area (Å²) in [7, 11) is 3.94. The van der Waals surface area contributed by atoms with Crippen LogP contribution in [0.5, 0.6) is 0 Å². The van der Waals surface area contributed by atoms with Crippen LogP contribution in [0.2, 0.25) is 0 Å². The molecule has 0 aliphatic rings. The molecule has 6 heteroatoms. The van der Waals surface area contributed by atoms with Crippen LogP contribution in [0.25, 0.3) is 0 Å². The van der Waals surface area contributed by atoms with Gasteiger partial charge in [-0.05, 0) is 48.7 Å². The molecule has 0 saturated carbocycles. The van der Waals surface area contributed by atoms with Crippen molar-refractivity contribution in [3.05, 3.63) is 47.9 Å². The Morgan fingerprint density at radius 1 is 1.07 bits per heavy atom. The standard InChI is InChI=1S/C23H33N3O3/c1-15(2)17(5)26(23(28)21-9-8-12-29-21)14-18-13-19(24-22(27)16(3)4)10-11-20(18)25(6)7/h8-13,15-17H,14H2,1-7H3,(H,24,27)/t17-/m0/s1. The Kier molecular flexibility index (Phi) is 7.48. The van der Waals surface area contributed by atoms with Crippen LogP contribution in [0.1, 0.15) is 50.7 Å². The molecule has 0 saturated heterocycles. The molecule has 0 aliphatic carbocycles. The molecule has 0 aliphatic heterocycles. The summed E-state index contributed by atoms with van der Waals surface area (Å²) >= 11 is 0. The van der Waals surface area contributed by atoms with Crippen molar-refractivity contribution in [1.29, 1.82) is 0 Å². The quantitative estimate of drug-likeness (QED) is 0.703. The smallest absolute Gasteiger partial charge is 0.290 e. The Labute approximate surface area is 173 Å². The largest absolute Gasteiger partial charge is 0.459 e. The van der Waals surface area contributed by atoms with E-state index in [1.807, 2.05) is 62.9 Å². The van der Waals surface area contributed by atoms with Crippen molar-refractivity contribution < 1.29 is 14.0 Å². The number of benzene rings is 1. The monoisotopic (exact) mass is 399 g/mol. The van der Waals surface area contributed by atoms with Gasteiger partial charge in [-0.25, -0.2) is 0 Å². The van der Waals surface area contributed by atoms with Crippen molar-refractivity contribution in [2.24, 2.45) is 11.8 Å². The van der Waals surface area contributed by atoms with Crippen LogP contribution in [0.15, 0.2) is 41.0 Å². The predicted molar refractivity (Wildman–Crippen MR) is 117 cm³/mol. The van der Waals surface area contributed by atoms with E-state index < -0.39 is 0 Å². The van der Waals surface area contributed by atoms with Gasteiger partial charge in [-0.15, -0.1) is 0 Å². The number of rotatable bonds is 8. The van der Waals surface area contributed by atoms with Crippen LogP contribution < -0.4 is 10.2 Å². The lowest BCUT2D eigenvalue weighted by atomic mass is 10.0. The van der Waals surface area contributed by atoms with Crippen molar-refractivity contribution in [3.63, 3.8) is 0 Å². The molecule has 1 aromatic carbocycles. The van der Waals surface area contributed by atoms with Crippen LogP contribution in [-0.4, -0.2) is 36.9 Å². The molecule has 2 rings (SSSR count). The summed E-state index contributed by atoms with van der Waals surface area (Å²) < 4.78 is 5.37. The molecule has 0 fully saturated rings. The molecule has 29 heavy (non-hydrogen) atoms. The van der Waals surface area contributed by atoms with Crippen LogP contribution in [-0.2, 0) is 11.3 Å². The van der Waals surface area contributed by atoms with E-state index in [0.717, 1.165) is 16.9 Å². The van der Waals surface area contributed by atoms with Crippen molar-refractivity contribution in [1.82, 2.24) is 4.90 Å². The summed E-state index contributed by atoms with van der Waals surface area (Å²) in [6.07, 6.45) is 1.51. The molecule has 1 atom stereocenters. The first kappa shape index (κ1) is 22.5. The molecule has 0 unspecified atom stereocenters. The fourth-order valence-corrected chi connectivity index (χ4v) is 3.00. The highest BCUT2D eigenvalue weighted by molar-refractivity contribution is 5.93. The van der Waals surface area contributed by atoms with Crippen LogP contribution >= 0.6 is 0 Å². The third-order valence-corrected chi connectivity index (χ3v) is 5.14. The maximum Gasteiger partial charge on any atom is 0.290 e. The number of anilines is 2. The first-order valence-electron chi connectivity index (χ1n) is 10.1. The minimum Gasteiger partial charge on any atom is -0.459 e. The fourth-order valence-electron chi connectivity index (χ4n) is 3.00. The van der Waals surface area contributed by atoms with E-state index in [1.165, 1.54) is 6.26 Å². The third kappa shape index (κ3) is 5.62. The second-order valence-corrected chi connectivity index (χ2v) is 8.28. The van der Waals surface area contributed by atoms with Gasteiger partial charge >= 0.3 is 0 Å². The summed E-state index contributed by atoms with van der Waals surface area (Å²) in [4.78, 5) is 29.1. The van der Waals surface area contributed by atoms with E-state index in [-0.39, 0.29) is 29.7 Å².